The minimum atomic E-state index is -4.00. The molecule has 5 nitrogen and oxygen atoms in total. The average Bonchev–Trinajstić information content (AvgIpc) is 2.62. The standard InChI is InChI=1S/C21H21NO4S/c1-21(2,15-7-11-17(23)12-8-15)16-9-13-18(14-10-16)26-27(24,25)20-6-4-3-5-19(20)22/h3-14,23H,22H2,1-2H3. The highest BCUT2D eigenvalue weighted by molar-refractivity contribution is 7.87. The van der Waals surface area contributed by atoms with E-state index in [-0.39, 0.29) is 27.5 Å². The number of phenols is 1. The molecule has 3 aromatic rings. The zero-order valence-electron chi connectivity index (χ0n) is 15.1. The quantitative estimate of drug-likeness (QED) is 0.512. The van der Waals surface area contributed by atoms with Gasteiger partial charge in [-0.15, -0.1) is 0 Å². The van der Waals surface area contributed by atoms with Crippen LogP contribution in [0.5, 0.6) is 11.5 Å². The van der Waals surface area contributed by atoms with Gasteiger partial charge in [-0.05, 0) is 47.5 Å². The third-order valence-corrected chi connectivity index (χ3v) is 5.88. The van der Waals surface area contributed by atoms with E-state index in [2.05, 4.69) is 13.8 Å². The number of para-hydroxylation sites is 1. The third kappa shape index (κ3) is 3.90. The molecule has 27 heavy (non-hydrogen) atoms. The summed E-state index contributed by atoms with van der Waals surface area (Å²) in [6.45, 7) is 4.10. The Labute approximate surface area is 159 Å². The second-order valence-corrected chi connectivity index (χ2v) is 8.29. The van der Waals surface area contributed by atoms with Crippen molar-refractivity contribution in [3.05, 3.63) is 83.9 Å². The smallest absolute Gasteiger partial charge is 0.341 e. The molecule has 0 saturated heterocycles. The van der Waals surface area contributed by atoms with Gasteiger partial charge in [0.2, 0.25) is 0 Å². The van der Waals surface area contributed by atoms with Crippen LogP contribution in [0.25, 0.3) is 0 Å². The van der Waals surface area contributed by atoms with Crippen LogP contribution < -0.4 is 9.92 Å². The van der Waals surface area contributed by atoms with E-state index in [9.17, 15) is 13.5 Å². The van der Waals surface area contributed by atoms with Crippen molar-refractivity contribution >= 4 is 15.8 Å². The molecule has 0 amide bonds. The van der Waals surface area contributed by atoms with Gasteiger partial charge in [-0.1, -0.05) is 50.2 Å². The largest absolute Gasteiger partial charge is 0.508 e. The molecule has 3 aromatic carbocycles. The highest BCUT2D eigenvalue weighted by atomic mass is 32.2. The van der Waals surface area contributed by atoms with Crippen molar-refractivity contribution < 1.29 is 17.7 Å². The van der Waals surface area contributed by atoms with Crippen LogP contribution in [0.4, 0.5) is 5.69 Å². The molecule has 0 unspecified atom stereocenters. The van der Waals surface area contributed by atoms with Crippen molar-refractivity contribution in [3.8, 4) is 11.5 Å². The van der Waals surface area contributed by atoms with Crippen LogP contribution in [-0.4, -0.2) is 13.5 Å². The lowest BCUT2D eigenvalue weighted by atomic mass is 9.78. The van der Waals surface area contributed by atoms with E-state index < -0.39 is 10.1 Å². The summed E-state index contributed by atoms with van der Waals surface area (Å²) in [5.74, 6) is 0.423. The summed E-state index contributed by atoms with van der Waals surface area (Å²) >= 11 is 0. The fourth-order valence-corrected chi connectivity index (χ4v) is 3.91. The average molecular weight is 383 g/mol. The Balaban J connectivity index is 1.85. The first-order chi connectivity index (χ1) is 12.7. The first-order valence-electron chi connectivity index (χ1n) is 8.39. The Kier molecular flexibility index (Phi) is 4.85. The number of benzene rings is 3. The van der Waals surface area contributed by atoms with Gasteiger partial charge in [0.05, 0.1) is 5.69 Å². The summed E-state index contributed by atoms with van der Waals surface area (Å²) in [5.41, 5.74) is 7.57. The Bertz CT molecular complexity index is 1040. The fraction of sp³-hybridized carbons (Fsp3) is 0.143. The molecule has 0 radical (unpaired) electrons. The highest BCUT2D eigenvalue weighted by Crippen LogP contribution is 2.33. The van der Waals surface area contributed by atoms with E-state index in [4.69, 9.17) is 9.92 Å². The van der Waals surface area contributed by atoms with Gasteiger partial charge in [-0.2, -0.15) is 8.42 Å². The molecule has 0 spiro atoms. The molecule has 0 aliphatic carbocycles. The van der Waals surface area contributed by atoms with Gasteiger partial charge in [-0.25, -0.2) is 0 Å². The van der Waals surface area contributed by atoms with Crippen LogP contribution in [0.15, 0.2) is 77.7 Å². The zero-order valence-corrected chi connectivity index (χ0v) is 15.9. The lowest BCUT2D eigenvalue weighted by molar-refractivity contribution is 0.474. The number of aromatic hydroxyl groups is 1. The maximum absolute atomic E-state index is 12.4. The number of nitrogens with two attached hydrogens (primary N) is 1. The van der Waals surface area contributed by atoms with E-state index in [1.807, 2.05) is 24.3 Å². The summed E-state index contributed by atoms with van der Waals surface area (Å²) in [6, 6.07) is 20.1. The molecular formula is C21H21NO4S. The lowest BCUT2D eigenvalue weighted by Gasteiger charge is -2.26. The molecule has 0 aliphatic heterocycles. The number of hydrogen-bond acceptors (Lipinski definition) is 5. The number of hydrogen-bond donors (Lipinski definition) is 2. The molecule has 0 aromatic heterocycles. The lowest BCUT2D eigenvalue weighted by Crippen LogP contribution is -2.18. The Morgan fingerprint density at radius 3 is 1.93 bits per heavy atom. The Morgan fingerprint density at radius 1 is 0.852 bits per heavy atom. The second-order valence-electron chi connectivity index (χ2n) is 6.77. The predicted molar refractivity (Wildman–Crippen MR) is 105 cm³/mol. The van der Waals surface area contributed by atoms with Gasteiger partial charge >= 0.3 is 10.1 Å². The normalized spacial score (nSPS) is 11.9. The molecule has 0 bridgehead atoms. The van der Waals surface area contributed by atoms with Crippen molar-refractivity contribution in [1.29, 1.82) is 0 Å². The molecule has 3 rings (SSSR count). The van der Waals surface area contributed by atoms with E-state index in [1.54, 1.807) is 36.4 Å². The predicted octanol–water partition coefficient (Wildman–Crippen LogP) is 4.07. The Hall–Kier alpha value is -2.99. The summed E-state index contributed by atoms with van der Waals surface area (Å²) < 4.78 is 30.1. The highest BCUT2D eigenvalue weighted by Gasteiger charge is 2.24. The first kappa shape index (κ1) is 18.8. The fourth-order valence-electron chi connectivity index (χ4n) is 2.85. The van der Waals surface area contributed by atoms with Gasteiger partial charge in [0.25, 0.3) is 0 Å². The summed E-state index contributed by atoms with van der Waals surface area (Å²) in [4.78, 5) is -0.0569. The zero-order chi connectivity index (χ0) is 19.7. The molecule has 0 heterocycles. The van der Waals surface area contributed by atoms with Crippen molar-refractivity contribution in [2.24, 2.45) is 0 Å². The number of anilines is 1. The second kappa shape index (κ2) is 6.96. The van der Waals surface area contributed by atoms with Gasteiger partial charge in [0.1, 0.15) is 16.4 Å². The number of nitrogen functional groups attached to an aromatic ring is 1. The molecule has 140 valence electrons. The molecule has 0 atom stereocenters. The van der Waals surface area contributed by atoms with Crippen LogP contribution >= 0.6 is 0 Å². The molecular weight excluding hydrogens is 362 g/mol. The molecule has 0 aliphatic rings. The minimum Gasteiger partial charge on any atom is -0.508 e. The van der Waals surface area contributed by atoms with E-state index >= 15 is 0 Å². The van der Waals surface area contributed by atoms with E-state index in [0.29, 0.717) is 0 Å². The van der Waals surface area contributed by atoms with Crippen LogP contribution in [0.1, 0.15) is 25.0 Å². The monoisotopic (exact) mass is 383 g/mol. The first-order valence-corrected chi connectivity index (χ1v) is 9.80. The maximum atomic E-state index is 12.4. The van der Waals surface area contributed by atoms with E-state index in [1.165, 1.54) is 12.1 Å². The van der Waals surface area contributed by atoms with Crippen LogP contribution in [0, 0.1) is 0 Å². The molecule has 0 saturated carbocycles. The van der Waals surface area contributed by atoms with Gasteiger partial charge in [0.15, 0.2) is 0 Å². The minimum absolute atomic E-state index is 0.0569. The van der Waals surface area contributed by atoms with Gasteiger partial charge in [0, 0.05) is 5.41 Å². The summed E-state index contributed by atoms with van der Waals surface area (Å²) in [5, 5.41) is 9.47. The van der Waals surface area contributed by atoms with Gasteiger partial charge in [-0.3, -0.25) is 0 Å². The Morgan fingerprint density at radius 2 is 1.37 bits per heavy atom. The van der Waals surface area contributed by atoms with Crippen LogP contribution in [0.2, 0.25) is 0 Å². The van der Waals surface area contributed by atoms with Crippen LogP contribution in [-0.2, 0) is 15.5 Å². The third-order valence-electron chi connectivity index (χ3n) is 4.56. The van der Waals surface area contributed by atoms with Gasteiger partial charge < -0.3 is 15.0 Å². The number of phenolic OH excluding ortho intramolecular Hbond substituents is 1. The van der Waals surface area contributed by atoms with Crippen molar-refractivity contribution in [2.45, 2.75) is 24.2 Å². The summed E-state index contributed by atoms with van der Waals surface area (Å²) in [6.07, 6.45) is 0. The van der Waals surface area contributed by atoms with Crippen molar-refractivity contribution in [1.82, 2.24) is 0 Å². The van der Waals surface area contributed by atoms with Crippen molar-refractivity contribution in [3.63, 3.8) is 0 Å². The number of rotatable bonds is 5. The summed E-state index contributed by atoms with van der Waals surface area (Å²) in [7, 11) is -4.00. The molecule has 0 fully saturated rings. The van der Waals surface area contributed by atoms with E-state index in [0.717, 1.165) is 11.1 Å². The maximum Gasteiger partial charge on any atom is 0.341 e. The topological polar surface area (TPSA) is 89.6 Å². The molecule has 6 heteroatoms. The van der Waals surface area contributed by atoms with Crippen LogP contribution in [0.3, 0.4) is 0 Å². The SMILES string of the molecule is CC(C)(c1ccc(O)cc1)c1ccc(OS(=O)(=O)c2ccccc2N)cc1. The van der Waals surface area contributed by atoms with Crippen molar-refractivity contribution in [2.75, 3.05) is 5.73 Å². The molecule has 3 N–H and O–H groups in total.